The molecule has 1 aromatic rings. The minimum Gasteiger partial charge on any atom is -0.475 e. The van der Waals surface area contributed by atoms with Crippen LogP contribution in [0.4, 0.5) is 18.9 Å². The molecule has 0 saturated carbocycles. The molecule has 2 aliphatic heterocycles. The molecule has 4 N–H and O–H groups in total. The number of nitrogens with zero attached hydrogens (tertiary/aromatic N) is 2. The second-order valence-corrected chi connectivity index (χ2v) is 14.2. The van der Waals surface area contributed by atoms with Gasteiger partial charge in [0, 0.05) is 31.5 Å². The number of fused-ring (bicyclic) bond motifs is 2. The van der Waals surface area contributed by atoms with Crippen molar-refractivity contribution in [2.45, 2.75) is 95.3 Å². The maximum Gasteiger partial charge on any atom is 0.490 e. The van der Waals surface area contributed by atoms with Gasteiger partial charge < -0.3 is 25.8 Å². The number of nitrogens with one attached hydrogen (secondary N) is 1. The predicted molar refractivity (Wildman–Crippen MR) is 164 cm³/mol. The fraction of sp³-hybridized carbons (Fsp3) is 0.667. The zero-order valence-corrected chi connectivity index (χ0v) is 27.5. The lowest BCUT2D eigenvalue weighted by molar-refractivity contribution is -0.192. The molecule has 0 radical (unpaired) electrons. The summed E-state index contributed by atoms with van der Waals surface area (Å²) in [4.78, 5) is 49.1. The second-order valence-electron chi connectivity index (χ2n) is 12.3. The number of hydrogen-bond acceptors (Lipinski definition) is 8. The van der Waals surface area contributed by atoms with E-state index in [1.54, 1.807) is 18.7 Å². The standard InChI is InChI=1S/C28H44N4O6S.C2HF3O2/c1-5-6-7-8-9-14-24(33)38-19-22(30-26(35)27(2,3)29)25(34)31-17-15-28(16-18-31)20-32(39(4,36)37)23-13-11-10-12-21(23)28;3-2(4,5)1(6)7/h10-13,22H,5-9,14-20,29H2,1-4H3,(H,30,35);(H,6,7)/t22-;/m1./s1. The number of esters is 1. The molecular formula is C30H45F3N4O8S. The molecule has 2 aliphatic rings. The number of rotatable bonds is 12. The highest BCUT2D eigenvalue weighted by Gasteiger charge is 2.48. The van der Waals surface area contributed by atoms with Gasteiger partial charge in [-0.2, -0.15) is 13.2 Å². The summed E-state index contributed by atoms with van der Waals surface area (Å²) < 4.78 is 63.6. The number of carboxylic acids is 1. The number of sulfonamides is 1. The first-order chi connectivity index (χ1) is 21.2. The number of piperidine rings is 1. The van der Waals surface area contributed by atoms with Gasteiger partial charge in [-0.1, -0.05) is 50.8 Å². The van der Waals surface area contributed by atoms with Crippen molar-refractivity contribution in [1.82, 2.24) is 10.2 Å². The Morgan fingerprint density at radius 2 is 1.63 bits per heavy atom. The van der Waals surface area contributed by atoms with Crippen molar-refractivity contribution < 1.29 is 50.6 Å². The average molecular weight is 679 g/mol. The zero-order chi connectivity index (χ0) is 34.9. The highest BCUT2D eigenvalue weighted by Crippen LogP contribution is 2.47. The van der Waals surface area contributed by atoms with Gasteiger partial charge in [-0.15, -0.1) is 0 Å². The quantitative estimate of drug-likeness (QED) is 0.222. The first-order valence-corrected chi connectivity index (χ1v) is 17.0. The maximum absolute atomic E-state index is 13.6. The minimum absolute atomic E-state index is 0.263. The van der Waals surface area contributed by atoms with E-state index in [0.29, 0.717) is 38.2 Å². The van der Waals surface area contributed by atoms with E-state index in [-0.39, 0.29) is 18.9 Å². The Hall–Kier alpha value is -3.40. The number of halogens is 3. The summed E-state index contributed by atoms with van der Waals surface area (Å²) in [5, 5.41) is 9.80. The number of hydrogen-bond donors (Lipinski definition) is 3. The molecule has 0 aliphatic carbocycles. The Morgan fingerprint density at radius 3 is 2.15 bits per heavy atom. The Labute approximate surface area is 267 Å². The number of para-hydroxylation sites is 1. The van der Waals surface area contributed by atoms with E-state index in [1.165, 1.54) is 10.6 Å². The van der Waals surface area contributed by atoms with Crippen LogP contribution in [0.5, 0.6) is 0 Å². The van der Waals surface area contributed by atoms with Gasteiger partial charge in [0.25, 0.3) is 0 Å². The molecule has 0 unspecified atom stereocenters. The van der Waals surface area contributed by atoms with Crippen LogP contribution in [0.25, 0.3) is 0 Å². The zero-order valence-electron chi connectivity index (χ0n) is 26.7. The van der Waals surface area contributed by atoms with Crippen molar-refractivity contribution in [1.29, 1.82) is 0 Å². The van der Waals surface area contributed by atoms with Gasteiger partial charge in [-0.3, -0.25) is 18.7 Å². The van der Waals surface area contributed by atoms with Crippen molar-refractivity contribution in [2.24, 2.45) is 5.73 Å². The highest BCUT2D eigenvalue weighted by atomic mass is 32.2. The van der Waals surface area contributed by atoms with E-state index in [1.807, 2.05) is 24.3 Å². The summed E-state index contributed by atoms with van der Waals surface area (Å²) in [5.74, 6) is -4.01. The molecule has 2 amide bonds. The molecule has 1 fully saturated rings. The number of unbranched alkanes of at least 4 members (excludes halogenated alkanes) is 4. The molecule has 46 heavy (non-hydrogen) atoms. The Bertz CT molecular complexity index is 1340. The van der Waals surface area contributed by atoms with Crippen LogP contribution in [-0.4, -0.2) is 92.4 Å². The first-order valence-electron chi connectivity index (χ1n) is 15.1. The lowest BCUT2D eigenvalue weighted by Crippen LogP contribution is -2.59. The van der Waals surface area contributed by atoms with Gasteiger partial charge in [0.05, 0.1) is 17.5 Å². The lowest BCUT2D eigenvalue weighted by atomic mass is 9.74. The molecule has 16 heteroatoms. The second kappa shape index (κ2) is 15.9. The molecule has 3 rings (SSSR count). The first kappa shape index (κ1) is 38.8. The Kier molecular flexibility index (Phi) is 13.4. The van der Waals surface area contributed by atoms with Crippen LogP contribution in [0.3, 0.4) is 0 Å². The van der Waals surface area contributed by atoms with E-state index in [0.717, 1.165) is 37.7 Å². The van der Waals surface area contributed by atoms with Crippen LogP contribution in [0, 0.1) is 0 Å². The minimum atomic E-state index is -5.08. The summed E-state index contributed by atoms with van der Waals surface area (Å²) in [6, 6.07) is 6.46. The van der Waals surface area contributed by atoms with E-state index in [4.69, 9.17) is 20.4 Å². The summed E-state index contributed by atoms with van der Waals surface area (Å²) in [6.07, 6.45) is 2.51. The van der Waals surface area contributed by atoms with Gasteiger partial charge in [-0.05, 0) is 44.7 Å². The molecule has 1 atom stereocenters. The van der Waals surface area contributed by atoms with Crippen LogP contribution in [0.15, 0.2) is 24.3 Å². The third-order valence-corrected chi connectivity index (χ3v) is 9.08. The number of aliphatic carboxylic acids is 1. The summed E-state index contributed by atoms with van der Waals surface area (Å²) in [7, 11) is -3.44. The van der Waals surface area contributed by atoms with Crippen LogP contribution in [0.2, 0.25) is 0 Å². The SMILES string of the molecule is CCCCCCCC(=O)OC[C@@H](NC(=O)C(C)(C)N)C(=O)N1CCC2(CC1)CN(S(C)(=O)=O)c1ccccc12.O=C(O)C(F)(F)F. The molecule has 1 spiro atoms. The van der Waals surface area contributed by atoms with Crippen molar-refractivity contribution in [3.8, 4) is 0 Å². The van der Waals surface area contributed by atoms with Crippen molar-refractivity contribution >= 4 is 39.5 Å². The fourth-order valence-corrected chi connectivity index (χ4v) is 6.32. The van der Waals surface area contributed by atoms with Crippen LogP contribution >= 0.6 is 0 Å². The van der Waals surface area contributed by atoms with E-state index in [9.17, 15) is 36.0 Å². The molecular weight excluding hydrogens is 633 g/mol. The Balaban J connectivity index is 0.000000942. The van der Waals surface area contributed by atoms with Crippen molar-refractivity contribution in [3.63, 3.8) is 0 Å². The summed E-state index contributed by atoms with van der Waals surface area (Å²) in [6.45, 7) is 6.06. The topological polar surface area (TPSA) is 176 Å². The molecule has 260 valence electrons. The largest absolute Gasteiger partial charge is 0.490 e. The number of likely N-dealkylation sites (tertiary alicyclic amines) is 1. The summed E-state index contributed by atoms with van der Waals surface area (Å²) in [5.41, 5.74) is 6.01. The summed E-state index contributed by atoms with van der Waals surface area (Å²) >= 11 is 0. The third-order valence-electron chi connectivity index (χ3n) is 7.95. The van der Waals surface area contributed by atoms with Gasteiger partial charge in [0.1, 0.15) is 12.6 Å². The normalized spacial score (nSPS) is 16.6. The molecule has 2 heterocycles. The highest BCUT2D eigenvalue weighted by molar-refractivity contribution is 7.92. The molecule has 12 nitrogen and oxygen atoms in total. The van der Waals surface area contributed by atoms with Crippen LogP contribution in [0.1, 0.15) is 77.7 Å². The third kappa shape index (κ3) is 10.9. The number of carbonyl (C=O) groups excluding carboxylic acids is 3. The van der Waals surface area contributed by atoms with Gasteiger partial charge >= 0.3 is 18.1 Å². The number of anilines is 1. The number of nitrogens with two attached hydrogens (primary N) is 1. The monoisotopic (exact) mass is 678 g/mol. The number of alkyl halides is 3. The van der Waals surface area contributed by atoms with E-state index >= 15 is 0 Å². The smallest absolute Gasteiger partial charge is 0.475 e. The number of amides is 2. The number of benzene rings is 1. The maximum atomic E-state index is 13.6. The molecule has 1 aromatic carbocycles. The molecule has 1 saturated heterocycles. The Morgan fingerprint density at radius 1 is 1.07 bits per heavy atom. The fourth-order valence-electron chi connectivity index (χ4n) is 5.32. The van der Waals surface area contributed by atoms with Gasteiger partial charge in [0.2, 0.25) is 21.8 Å². The molecule has 0 bridgehead atoms. The number of ether oxygens (including phenoxy) is 1. The molecule has 0 aromatic heterocycles. The van der Waals surface area contributed by atoms with E-state index < -0.39 is 51.0 Å². The van der Waals surface area contributed by atoms with E-state index in [2.05, 4.69) is 12.2 Å². The van der Waals surface area contributed by atoms with Crippen molar-refractivity contribution in [3.05, 3.63) is 29.8 Å². The average Bonchev–Trinajstić information content (AvgIpc) is 3.29. The van der Waals surface area contributed by atoms with Crippen LogP contribution < -0.4 is 15.4 Å². The lowest BCUT2D eigenvalue weighted by Gasteiger charge is -2.41. The number of carbonyl (C=O) groups is 4. The van der Waals surface area contributed by atoms with Crippen LogP contribution in [-0.2, 0) is 39.4 Å². The predicted octanol–water partition coefficient (Wildman–Crippen LogP) is 3.09. The van der Waals surface area contributed by atoms with Gasteiger partial charge in [-0.25, -0.2) is 13.2 Å². The van der Waals surface area contributed by atoms with Gasteiger partial charge in [0.15, 0.2) is 0 Å². The number of carboxylic acid groups (broad SMARTS) is 1. The van der Waals surface area contributed by atoms with Crippen molar-refractivity contribution in [2.75, 3.05) is 36.8 Å².